The van der Waals surface area contributed by atoms with Crippen LogP contribution in [0.2, 0.25) is 0 Å². The number of carboxylic acid groups (broad SMARTS) is 3. The van der Waals surface area contributed by atoms with Gasteiger partial charge in [-0.25, -0.2) is 4.79 Å². The second-order valence-electron chi connectivity index (χ2n) is 17.2. The standard InChI is InChI=1S/C42H77N15O13/c1-6-22(4)32(57-33(62)23(5)44)39(68)54-27(14-15-30(58)59)37(66)52-25(12-9-17-49-41(45)46)34(63)51-26(13-10-18-50-42(47)48)35(64)55-28(19-21(2)3)38(67)53-24(11-7-8-16-43)36(65)56-29(40(69)70)20-31(60)61/h21-29,32H,6-20,43-44H2,1-5H3,(H,51,63)(H,52,66)(H,53,67)(H,54,68)(H,55,64)(H,56,65)(H,57,62)(H,58,59)(H,60,61)(H,69,70)(H4,45,46,49)(H4,47,48,50)/t22-,23-,24-,25-,26-,27-,28-,29-,32-/m0/s1. The van der Waals surface area contributed by atoms with Crippen molar-refractivity contribution in [2.24, 2.45) is 56.2 Å². The number of hydrogen-bond donors (Lipinski definition) is 16. The second-order valence-corrected chi connectivity index (χ2v) is 17.2. The summed E-state index contributed by atoms with van der Waals surface area (Å²) in [5.41, 5.74) is 33.2. The Balaban J connectivity index is 7.01. The molecule has 0 rings (SSSR count). The summed E-state index contributed by atoms with van der Waals surface area (Å²) in [4.78, 5) is 138. The molecule has 9 atom stereocenters. The molecule has 0 aliphatic carbocycles. The molecule has 0 unspecified atom stereocenters. The summed E-state index contributed by atoms with van der Waals surface area (Å²) < 4.78 is 0. The van der Waals surface area contributed by atoms with Crippen molar-refractivity contribution in [2.75, 3.05) is 19.6 Å². The summed E-state index contributed by atoms with van der Waals surface area (Å²) in [5, 5.41) is 45.6. The van der Waals surface area contributed by atoms with Crippen molar-refractivity contribution in [3.8, 4) is 0 Å². The molecule has 0 fully saturated rings. The molecule has 0 aromatic rings. The number of guanidine groups is 2. The lowest BCUT2D eigenvalue weighted by atomic mass is 9.97. The number of hydrogen-bond acceptors (Lipinski definition) is 14. The molecule has 0 aliphatic heterocycles. The number of carboxylic acids is 3. The molecule has 0 saturated heterocycles. The van der Waals surface area contributed by atoms with Crippen LogP contribution in [0.1, 0.15) is 112 Å². The number of nitrogens with two attached hydrogens (primary N) is 6. The fraction of sp³-hybridized carbons (Fsp3) is 0.714. The minimum absolute atomic E-state index is 0.0113. The van der Waals surface area contributed by atoms with Crippen LogP contribution in [0.15, 0.2) is 9.98 Å². The van der Waals surface area contributed by atoms with E-state index in [1.54, 1.807) is 27.7 Å². The van der Waals surface area contributed by atoms with Gasteiger partial charge in [0.05, 0.1) is 12.5 Å². The van der Waals surface area contributed by atoms with Crippen molar-refractivity contribution in [3.63, 3.8) is 0 Å². The molecule has 0 heterocycles. The number of aliphatic carboxylic acids is 3. The number of aliphatic imine (C=N–C) groups is 2. The van der Waals surface area contributed by atoms with Gasteiger partial charge in [0, 0.05) is 19.5 Å². The van der Waals surface area contributed by atoms with Gasteiger partial charge in [0.25, 0.3) is 0 Å². The Labute approximate surface area is 406 Å². The van der Waals surface area contributed by atoms with E-state index in [0.717, 1.165) is 0 Å². The fourth-order valence-electron chi connectivity index (χ4n) is 6.53. The fourth-order valence-corrected chi connectivity index (χ4v) is 6.53. The van der Waals surface area contributed by atoms with Gasteiger partial charge in [-0.2, -0.15) is 0 Å². The Morgan fingerprint density at radius 3 is 1.27 bits per heavy atom. The van der Waals surface area contributed by atoms with E-state index in [2.05, 4.69) is 47.2 Å². The van der Waals surface area contributed by atoms with E-state index in [9.17, 15) is 63.3 Å². The molecule has 0 aliphatic rings. The molecule has 0 saturated carbocycles. The van der Waals surface area contributed by atoms with Crippen molar-refractivity contribution in [2.45, 2.75) is 160 Å². The molecule has 28 heteroatoms. The van der Waals surface area contributed by atoms with Gasteiger partial charge in [0.1, 0.15) is 42.3 Å². The van der Waals surface area contributed by atoms with Crippen LogP contribution < -0.4 is 71.6 Å². The van der Waals surface area contributed by atoms with Gasteiger partial charge in [-0.15, -0.1) is 0 Å². The molecular weight excluding hydrogens is 923 g/mol. The molecule has 0 aromatic heterocycles. The Kier molecular flexibility index (Phi) is 30.3. The first kappa shape index (κ1) is 63.2. The summed E-state index contributed by atoms with van der Waals surface area (Å²) in [5.74, 6) is -11.9. The molecule has 22 N–H and O–H groups in total. The van der Waals surface area contributed by atoms with E-state index in [0.29, 0.717) is 12.8 Å². The summed E-state index contributed by atoms with van der Waals surface area (Å²) in [6, 6.07) is -11.3. The van der Waals surface area contributed by atoms with E-state index in [-0.39, 0.29) is 82.4 Å². The van der Waals surface area contributed by atoms with E-state index in [4.69, 9.17) is 34.4 Å². The van der Waals surface area contributed by atoms with E-state index < -0.39 is 133 Å². The lowest BCUT2D eigenvalue weighted by molar-refractivity contribution is -0.147. The van der Waals surface area contributed by atoms with Gasteiger partial charge in [0.2, 0.25) is 41.4 Å². The summed E-state index contributed by atoms with van der Waals surface area (Å²) in [6.07, 6.45) is -1.11. The highest BCUT2D eigenvalue weighted by Gasteiger charge is 2.35. The van der Waals surface area contributed by atoms with Crippen molar-refractivity contribution in [1.29, 1.82) is 0 Å². The van der Waals surface area contributed by atoms with Gasteiger partial charge in [0.15, 0.2) is 11.9 Å². The van der Waals surface area contributed by atoms with Crippen molar-refractivity contribution >= 4 is 71.2 Å². The van der Waals surface area contributed by atoms with E-state index >= 15 is 0 Å². The number of nitrogens with one attached hydrogen (secondary N) is 7. The predicted octanol–water partition coefficient (Wildman–Crippen LogP) is -4.52. The molecule has 0 spiro atoms. The normalized spacial score (nSPS) is 14.8. The third-order valence-corrected chi connectivity index (χ3v) is 10.6. The topological polar surface area (TPSA) is 496 Å². The highest BCUT2D eigenvalue weighted by atomic mass is 16.4. The van der Waals surface area contributed by atoms with Gasteiger partial charge < -0.3 is 86.9 Å². The first-order chi connectivity index (χ1) is 32.7. The number of carbonyl (C=O) groups excluding carboxylic acids is 7. The van der Waals surface area contributed by atoms with Gasteiger partial charge in [-0.1, -0.05) is 34.1 Å². The van der Waals surface area contributed by atoms with Crippen LogP contribution in [0.5, 0.6) is 0 Å². The second kappa shape index (κ2) is 33.6. The van der Waals surface area contributed by atoms with Crippen molar-refractivity contribution in [3.05, 3.63) is 0 Å². The largest absolute Gasteiger partial charge is 0.481 e. The molecule has 0 bridgehead atoms. The average Bonchev–Trinajstić information content (AvgIpc) is 3.26. The molecule has 398 valence electrons. The predicted molar refractivity (Wildman–Crippen MR) is 256 cm³/mol. The van der Waals surface area contributed by atoms with Gasteiger partial charge in [-0.05, 0) is 83.1 Å². The monoisotopic (exact) mass is 1000 g/mol. The van der Waals surface area contributed by atoms with Crippen LogP contribution >= 0.6 is 0 Å². The zero-order valence-electron chi connectivity index (χ0n) is 40.7. The first-order valence-electron chi connectivity index (χ1n) is 23.1. The minimum Gasteiger partial charge on any atom is -0.481 e. The number of nitrogens with zero attached hydrogens (tertiary/aromatic N) is 2. The number of unbranched alkanes of at least 4 members (excludes halogenated alkanes) is 1. The maximum Gasteiger partial charge on any atom is 0.326 e. The van der Waals surface area contributed by atoms with Crippen LogP contribution in [0.25, 0.3) is 0 Å². The summed E-state index contributed by atoms with van der Waals surface area (Å²) >= 11 is 0. The van der Waals surface area contributed by atoms with Crippen molar-refractivity contribution < 1.29 is 63.3 Å². The zero-order chi connectivity index (χ0) is 53.7. The number of carbonyl (C=O) groups is 10. The first-order valence-corrected chi connectivity index (χ1v) is 23.1. The molecule has 7 amide bonds. The maximum absolute atomic E-state index is 14.2. The molecule has 28 nitrogen and oxygen atoms in total. The Bertz CT molecular complexity index is 1820. The third-order valence-electron chi connectivity index (χ3n) is 10.6. The van der Waals surface area contributed by atoms with Crippen molar-refractivity contribution in [1.82, 2.24) is 37.2 Å². The average molecular weight is 1000 g/mol. The summed E-state index contributed by atoms with van der Waals surface area (Å²) in [7, 11) is 0. The van der Waals surface area contributed by atoms with Crippen LogP contribution in [-0.2, 0) is 47.9 Å². The SMILES string of the molecule is CC[C@H](C)[C@H](NC(=O)[C@H](C)N)C(=O)N[C@@H](CCC(=O)O)C(=O)N[C@@H](CCCN=C(N)N)C(=O)N[C@@H](CCCN=C(N)N)C(=O)N[C@@H](CC(C)C)C(=O)N[C@@H](CCCCN)C(=O)N[C@@H](CC(=O)O)C(=O)O. The summed E-state index contributed by atoms with van der Waals surface area (Å²) in [6.45, 7) is 8.49. The molecule has 0 aromatic carbocycles. The molecular formula is C42H77N15O13. The van der Waals surface area contributed by atoms with E-state index in [1.807, 2.05) is 0 Å². The van der Waals surface area contributed by atoms with Gasteiger partial charge >= 0.3 is 17.9 Å². The number of rotatable bonds is 36. The lowest BCUT2D eigenvalue weighted by Gasteiger charge is -2.29. The van der Waals surface area contributed by atoms with Crippen LogP contribution in [0, 0.1) is 11.8 Å². The Hall–Kier alpha value is -6.84. The zero-order valence-corrected chi connectivity index (χ0v) is 40.7. The van der Waals surface area contributed by atoms with Crippen LogP contribution in [-0.4, -0.2) is 154 Å². The highest BCUT2D eigenvalue weighted by Crippen LogP contribution is 2.13. The lowest BCUT2D eigenvalue weighted by Crippen LogP contribution is -2.60. The van der Waals surface area contributed by atoms with Crippen LogP contribution in [0.3, 0.4) is 0 Å². The quantitative estimate of drug-likeness (QED) is 0.0160. The number of amides is 7. The Morgan fingerprint density at radius 1 is 0.500 bits per heavy atom. The highest BCUT2D eigenvalue weighted by molar-refractivity contribution is 5.98. The molecule has 0 radical (unpaired) electrons. The third kappa shape index (κ3) is 26.6. The Morgan fingerprint density at radius 2 is 0.900 bits per heavy atom. The minimum atomic E-state index is -1.83. The smallest absolute Gasteiger partial charge is 0.326 e. The van der Waals surface area contributed by atoms with Crippen LogP contribution in [0.4, 0.5) is 0 Å². The van der Waals surface area contributed by atoms with Gasteiger partial charge in [-0.3, -0.25) is 53.1 Å². The maximum atomic E-state index is 14.2. The molecule has 70 heavy (non-hydrogen) atoms. The van der Waals surface area contributed by atoms with E-state index in [1.165, 1.54) is 6.92 Å².